The largest absolute Gasteiger partial charge is 0.243 e. The molecule has 0 aliphatic heterocycles. The van der Waals surface area contributed by atoms with Crippen LogP contribution in [0.3, 0.4) is 0 Å². The van der Waals surface area contributed by atoms with Crippen LogP contribution < -0.4 is 2.95 Å². The van der Waals surface area contributed by atoms with Gasteiger partial charge in [-0.25, -0.2) is 7.34 Å². The molecule has 0 N–H and O–H groups in total. The average Bonchev–Trinajstić information content (AvgIpc) is 1.88. The zero-order valence-electron chi connectivity index (χ0n) is 4.89. The number of hydrogen-bond donors (Lipinski definition) is 0. The zero-order chi connectivity index (χ0) is 7.56. The van der Waals surface area contributed by atoms with Crippen molar-refractivity contribution in [3.8, 4) is 0 Å². The molecule has 0 aliphatic carbocycles. The molecule has 0 bridgehead atoms. The van der Waals surface area contributed by atoms with E-state index in [-0.39, 0.29) is 5.82 Å². The van der Waals surface area contributed by atoms with Gasteiger partial charge in [0, 0.05) is 0 Å². The highest BCUT2D eigenvalue weighted by Gasteiger charge is 1.96. The standard InChI is InChI=1S/C6H4Br2FN/c7-10(8)6-3-1-5(9)2-4-6/h1-4H. The minimum absolute atomic E-state index is 0.231. The van der Waals surface area contributed by atoms with Crippen molar-refractivity contribution in [1.29, 1.82) is 0 Å². The molecule has 0 spiro atoms. The summed E-state index contributed by atoms with van der Waals surface area (Å²) >= 11 is 6.27. The van der Waals surface area contributed by atoms with E-state index < -0.39 is 0 Å². The van der Waals surface area contributed by atoms with E-state index in [2.05, 4.69) is 32.3 Å². The van der Waals surface area contributed by atoms with Crippen molar-refractivity contribution in [2.45, 2.75) is 0 Å². The number of rotatable bonds is 1. The minimum Gasteiger partial charge on any atom is -0.243 e. The Bertz CT molecular complexity index is 209. The van der Waals surface area contributed by atoms with Gasteiger partial charge in [0.25, 0.3) is 0 Å². The Morgan fingerprint density at radius 3 is 2.00 bits per heavy atom. The summed E-state index contributed by atoms with van der Waals surface area (Å²) in [7, 11) is 0. The summed E-state index contributed by atoms with van der Waals surface area (Å²) in [6, 6.07) is 6.09. The van der Waals surface area contributed by atoms with E-state index in [1.165, 1.54) is 12.1 Å². The van der Waals surface area contributed by atoms with Crippen molar-refractivity contribution in [2.24, 2.45) is 0 Å². The Hall–Kier alpha value is -0.0900. The van der Waals surface area contributed by atoms with Crippen LogP contribution in [0.1, 0.15) is 0 Å². The summed E-state index contributed by atoms with van der Waals surface area (Å²) in [5.74, 6) is -0.231. The molecule has 0 aromatic heterocycles. The first kappa shape index (κ1) is 8.01. The van der Waals surface area contributed by atoms with Crippen LogP contribution in [-0.4, -0.2) is 0 Å². The Morgan fingerprint density at radius 1 is 1.10 bits per heavy atom. The summed E-state index contributed by atoms with van der Waals surface area (Å²) < 4.78 is 13.9. The van der Waals surface area contributed by atoms with Crippen LogP contribution in [0, 0.1) is 5.82 Å². The number of halogens is 3. The van der Waals surface area contributed by atoms with E-state index in [9.17, 15) is 4.39 Å². The Balaban J connectivity index is 2.89. The van der Waals surface area contributed by atoms with Crippen molar-refractivity contribution in [3.05, 3.63) is 30.1 Å². The Labute approximate surface area is 75.5 Å². The quantitative estimate of drug-likeness (QED) is 0.707. The van der Waals surface area contributed by atoms with E-state index in [0.717, 1.165) is 5.69 Å². The van der Waals surface area contributed by atoms with Crippen LogP contribution in [0.5, 0.6) is 0 Å². The lowest BCUT2D eigenvalue weighted by Crippen LogP contribution is -1.88. The van der Waals surface area contributed by atoms with Crippen LogP contribution in [0.25, 0.3) is 0 Å². The molecule has 0 amide bonds. The second-order valence-electron chi connectivity index (χ2n) is 1.71. The SMILES string of the molecule is Fc1ccc(N(Br)Br)cc1. The number of benzene rings is 1. The number of nitrogens with zero attached hydrogens (tertiary/aromatic N) is 1. The lowest BCUT2D eigenvalue weighted by atomic mass is 10.3. The van der Waals surface area contributed by atoms with E-state index in [4.69, 9.17) is 0 Å². The summed E-state index contributed by atoms with van der Waals surface area (Å²) in [6.07, 6.45) is 0. The molecule has 1 nitrogen and oxygen atoms in total. The van der Waals surface area contributed by atoms with Crippen LogP contribution in [-0.2, 0) is 0 Å². The fourth-order valence-electron chi connectivity index (χ4n) is 0.554. The van der Waals surface area contributed by atoms with E-state index in [1.807, 2.05) is 0 Å². The monoisotopic (exact) mass is 267 g/mol. The summed E-state index contributed by atoms with van der Waals surface area (Å²) in [6.45, 7) is 0. The first-order chi connectivity index (χ1) is 4.70. The van der Waals surface area contributed by atoms with Gasteiger partial charge in [-0.15, -0.1) is 0 Å². The van der Waals surface area contributed by atoms with Gasteiger partial charge in [0.05, 0.1) is 38.0 Å². The van der Waals surface area contributed by atoms with Crippen molar-refractivity contribution < 1.29 is 4.39 Å². The molecule has 10 heavy (non-hydrogen) atoms. The van der Waals surface area contributed by atoms with Gasteiger partial charge in [0.1, 0.15) is 5.82 Å². The van der Waals surface area contributed by atoms with Crippen LogP contribution >= 0.6 is 32.3 Å². The molecule has 0 unspecified atom stereocenters. The molecule has 0 saturated heterocycles. The van der Waals surface area contributed by atoms with E-state index >= 15 is 0 Å². The molecular formula is C6H4Br2FN. The molecule has 54 valence electrons. The molecule has 0 aliphatic rings. The normalized spacial score (nSPS) is 9.50. The first-order valence-electron chi connectivity index (χ1n) is 2.57. The predicted octanol–water partition coefficient (Wildman–Crippen LogP) is 3.25. The van der Waals surface area contributed by atoms with Gasteiger partial charge in [-0.2, -0.15) is 0 Å². The second-order valence-corrected chi connectivity index (χ2v) is 4.08. The van der Waals surface area contributed by atoms with Gasteiger partial charge in [-0.05, 0) is 24.3 Å². The minimum atomic E-state index is -0.231. The summed E-state index contributed by atoms with van der Waals surface area (Å²) in [4.78, 5) is 0. The fourth-order valence-corrected chi connectivity index (χ4v) is 1.03. The smallest absolute Gasteiger partial charge is 0.123 e. The van der Waals surface area contributed by atoms with Crippen LogP contribution in [0.15, 0.2) is 24.3 Å². The molecule has 0 atom stereocenters. The van der Waals surface area contributed by atoms with Crippen LogP contribution in [0.4, 0.5) is 10.1 Å². The van der Waals surface area contributed by atoms with Gasteiger partial charge in [-0.1, -0.05) is 0 Å². The maximum Gasteiger partial charge on any atom is 0.123 e. The third-order valence-electron chi connectivity index (χ3n) is 1.02. The number of hydrogen-bond acceptors (Lipinski definition) is 1. The third-order valence-corrected chi connectivity index (χ3v) is 1.84. The summed E-state index contributed by atoms with van der Waals surface area (Å²) in [5.41, 5.74) is 0.849. The summed E-state index contributed by atoms with van der Waals surface area (Å²) in [5, 5.41) is 0. The number of anilines is 1. The van der Waals surface area contributed by atoms with Crippen molar-refractivity contribution in [1.82, 2.24) is 0 Å². The molecule has 1 aromatic rings. The average molecular weight is 269 g/mol. The van der Waals surface area contributed by atoms with Gasteiger partial charge < -0.3 is 0 Å². The maximum absolute atomic E-state index is 12.3. The third kappa shape index (κ3) is 1.95. The van der Waals surface area contributed by atoms with Crippen LogP contribution in [0.2, 0.25) is 0 Å². The van der Waals surface area contributed by atoms with E-state index in [0.29, 0.717) is 0 Å². The van der Waals surface area contributed by atoms with Crippen molar-refractivity contribution in [3.63, 3.8) is 0 Å². The molecule has 0 radical (unpaired) electrons. The van der Waals surface area contributed by atoms with Crippen molar-refractivity contribution in [2.75, 3.05) is 2.95 Å². The maximum atomic E-state index is 12.3. The molecular weight excluding hydrogens is 265 g/mol. The van der Waals surface area contributed by atoms with Gasteiger partial charge in [0.15, 0.2) is 0 Å². The molecule has 0 saturated carbocycles. The van der Waals surface area contributed by atoms with Crippen molar-refractivity contribution >= 4 is 38.0 Å². The lowest BCUT2D eigenvalue weighted by Gasteiger charge is -2.04. The highest BCUT2D eigenvalue weighted by Crippen LogP contribution is 2.21. The molecule has 0 fully saturated rings. The fraction of sp³-hybridized carbons (Fsp3) is 0. The van der Waals surface area contributed by atoms with Gasteiger partial charge in [0.2, 0.25) is 0 Å². The topological polar surface area (TPSA) is 3.24 Å². The second kappa shape index (κ2) is 3.34. The molecule has 1 aromatic carbocycles. The Kier molecular flexibility index (Phi) is 2.68. The highest BCUT2D eigenvalue weighted by atomic mass is 79.9. The first-order valence-corrected chi connectivity index (χ1v) is 3.99. The van der Waals surface area contributed by atoms with Gasteiger partial charge >= 0.3 is 0 Å². The lowest BCUT2D eigenvalue weighted by molar-refractivity contribution is 0.628. The molecule has 4 heteroatoms. The predicted molar refractivity (Wildman–Crippen MR) is 46.7 cm³/mol. The highest BCUT2D eigenvalue weighted by molar-refractivity contribution is 9.25. The zero-order valence-corrected chi connectivity index (χ0v) is 8.06. The van der Waals surface area contributed by atoms with Gasteiger partial charge in [-0.3, -0.25) is 0 Å². The van der Waals surface area contributed by atoms with E-state index in [1.54, 1.807) is 15.1 Å². The Morgan fingerprint density at radius 2 is 1.60 bits per heavy atom. The molecule has 0 heterocycles. The molecule has 1 rings (SSSR count).